The lowest BCUT2D eigenvalue weighted by molar-refractivity contribution is -0.125. The van der Waals surface area contributed by atoms with Crippen molar-refractivity contribution in [1.29, 1.82) is 0 Å². The maximum atomic E-state index is 13.2. The zero-order chi connectivity index (χ0) is 20.3. The van der Waals surface area contributed by atoms with E-state index in [1.807, 2.05) is 0 Å². The molecule has 1 aromatic rings. The summed E-state index contributed by atoms with van der Waals surface area (Å²) >= 11 is 0. The third-order valence-electron chi connectivity index (χ3n) is 5.69. The first kappa shape index (κ1) is 20.9. The molecule has 0 bridgehead atoms. The summed E-state index contributed by atoms with van der Waals surface area (Å²) in [6, 6.07) is 0.734. The molecular formula is C19H29N3O5S. The Morgan fingerprint density at radius 1 is 1.11 bits per heavy atom. The minimum atomic E-state index is -3.88. The van der Waals surface area contributed by atoms with E-state index in [1.165, 1.54) is 41.1 Å². The molecule has 1 aromatic heterocycles. The van der Waals surface area contributed by atoms with Gasteiger partial charge in [0, 0.05) is 25.8 Å². The molecule has 2 aliphatic rings. The quantitative estimate of drug-likeness (QED) is 0.589. The Balaban J connectivity index is 1.77. The van der Waals surface area contributed by atoms with Crippen LogP contribution in [0.15, 0.2) is 17.2 Å². The van der Waals surface area contributed by atoms with Gasteiger partial charge < -0.3 is 14.6 Å². The fourth-order valence-corrected chi connectivity index (χ4v) is 5.86. The number of hydrogen-bond acceptors (Lipinski definition) is 5. The molecule has 1 atom stereocenters. The number of sulfonamides is 1. The van der Waals surface area contributed by atoms with E-state index in [-0.39, 0.29) is 22.5 Å². The van der Waals surface area contributed by atoms with Crippen LogP contribution in [0.25, 0.3) is 0 Å². The van der Waals surface area contributed by atoms with Crippen LogP contribution in [0.3, 0.4) is 0 Å². The maximum Gasteiger partial charge on any atom is 0.354 e. The summed E-state index contributed by atoms with van der Waals surface area (Å²) in [5.41, 5.74) is 0.153. The Bertz CT molecular complexity index is 825. The second kappa shape index (κ2) is 8.65. The molecule has 1 aliphatic carbocycles. The lowest BCUT2D eigenvalue weighted by Crippen LogP contribution is -2.48. The Kier molecular flexibility index (Phi) is 6.44. The van der Waals surface area contributed by atoms with Gasteiger partial charge in [-0.1, -0.05) is 25.7 Å². The molecule has 156 valence electrons. The van der Waals surface area contributed by atoms with Crippen LogP contribution in [0.5, 0.6) is 0 Å². The van der Waals surface area contributed by atoms with E-state index < -0.39 is 22.0 Å². The molecule has 2 heterocycles. The van der Waals surface area contributed by atoms with Crippen LogP contribution in [0.1, 0.15) is 61.9 Å². The van der Waals surface area contributed by atoms with Gasteiger partial charge in [-0.3, -0.25) is 4.79 Å². The number of methoxy groups -OCH3 is 1. The molecule has 3 rings (SSSR count). The van der Waals surface area contributed by atoms with E-state index in [9.17, 15) is 18.0 Å². The van der Waals surface area contributed by atoms with Crippen LogP contribution in [-0.2, 0) is 26.6 Å². The summed E-state index contributed by atoms with van der Waals surface area (Å²) in [4.78, 5) is 24.7. The van der Waals surface area contributed by atoms with E-state index in [0.29, 0.717) is 19.4 Å². The molecule has 0 radical (unpaired) electrons. The summed E-state index contributed by atoms with van der Waals surface area (Å²) in [5, 5.41) is 3.07. The summed E-state index contributed by atoms with van der Waals surface area (Å²) in [6.07, 6.45) is 9.00. The average Bonchev–Trinajstić information content (AvgIpc) is 3.24. The number of amides is 1. The predicted molar refractivity (Wildman–Crippen MR) is 103 cm³/mol. The second-order valence-corrected chi connectivity index (χ2v) is 9.52. The topological polar surface area (TPSA) is 97.7 Å². The normalized spacial score (nSPS) is 22.0. The molecule has 0 aromatic carbocycles. The molecular weight excluding hydrogens is 382 g/mol. The third kappa shape index (κ3) is 4.25. The van der Waals surface area contributed by atoms with Gasteiger partial charge >= 0.3 is 5.97 Å². The highest BCUT2D eigenvalue weighted by Gasteiger charge is 2.40. The van der Waals surface area contributed by atoms with Crippen molar-refractivity contribution in [2.45, 2.75) is 68.3 Å². The Labute approximate surface area is 166 Å². The fraction of sp³-hybridized carbons (Fsp3) is 0.684. The van der Waals surface area contributed by atoms with Gasteiger partial charge in [-0.2, -0.15) is 4.31 Å². The molecule has 8 nitrogen and oxygen atoms in total. The number of nitrogens with one attached hydrogen (secondary N) is 1. The number of nitrogens with zero attached hydrogens (tertiary/aromatic N) is 2. The number of carbonyl (C=O) groups excluding carboxylic acids is 2. The van der Waals surface area contributed by atoms with Crippen molar-refractivity contribution < 1.29 is 22.7 Å². The van der Waals surface area contributed by atoms with Crippen molar-refractivity contribution in [3.63, 3.8) is 0 Å². The predicted octanol–water partition coefficient (Wildman–Crippen LogP) is 1.80. The Morgan fingerprint density at radius 3 is 2.43 bits per heavy atom. The molecule has 1 amide bonds. The van der Waals surface area contributed by atoms with Crippen molar-refractivity contribution in [3.05, 3.63) is 18.0 Å². The molecule has 1 N–H and O–H groups in total. The first-order valence-electron chi connectivity index (χ1n) is 9.91. The SMILES string of the molecule is COC(=O)c1cc(S(=O)(=O)N2CCCC2C(=O)NC2CCCCCC2)cn1C. The Hall–Kier alpha value is -1.87. The van der Waals surface area contributed by atoms with Crippen LogP contribution in [0, 0.1) is 0 Å². The van der Waals surface area contributed by atoms with Crippen LogP contribution in [0.2, 0.25) is 0 Å². The number of aryl methyl sites for hydroxylation is 1. The van der Waals surface area contributed by atoms with Gasteiger partial charge in [0.05, 0.1) is 7.11 Å². The van der Waals surface area contributed by atoms with Crippen molar-refractivity contribution >= 4 is 21.9 Å². The lowest BCUT2D eigenvalue weighted by atomic mass is 10.1. The Morgan fingerprint density at radius 2 is 1.79 bits per heavy atom. The van der Waals surface area contributed by atoms with Gasteiger partial charge in [-0.05, 0) is 31.7 Å². The second-order valence-electron chi connectivity index (χ2n) is 7.63. The number of aromatic nitrogens is 1. The smallest absolute Gasteiger partial charge is 0.354 e. The van der Waals surface area contributed by atoms with Gasteiger partial charge in [0.15, 0.2) is 0 Å². The summed E-state index contributed by atoms with van der Waals surface area (Å²) in [5.74, 6) is -0.815. The van der Waals surface area contributed by atoms with Gasteiger partial charge in [0.1, 0.15) is 16.6 Å². The summed E-state index contributed by atoms with van der Waals surface area (Å²) in [6.45, 7) is 0.299. The van der Waals surface area contributed by atoms with Crippen LogP contribution >= 0.6 is 0 Å². The summed E-state index contributed by atoms with van der Waals surface area (Å²) in [7, 11) is -1.04. The molecule has 9 heteroatoms. The van der Waals surface area contributed by atoms with Gasteiger partial charge in [-0.25, -0.2) is 13.2 Å². The third-order valence-corrected chi connectivity index (χ3v) is 7.56. The molecule has 1 unspecified atom stereocenters. The molecule has 1 aliphatic heterocycles. The highest BCUT2D eigenvalue weighted by Crippen LogP contribution is 2.28. The van der Waals surface area contributed by atoms with Crippen LogP contribution in [0.4, 0.5) is 0 Å². The van der Waals surface area contributed by atoms with Gasteiger partial charge in [0.2, 0.25) is 15.9 Å². The minimum Gasteiger partial charge on any atom is -0.464 e. The average molecular weight is 412 g/mol. The van der Waals surface area contributed by atoms with Gasteiger partial charge in [0.25, 0.3) is 0 Å². The van der Waals surface area contributed by atoms with E-state index >= 15 is 0 Å². The van der Waals surface area contributed by atoms with Crippen molar-refractivity contribution in [2.24, 2.45) is 7.05 Å². The highest BCUT2D eigenvalue weighted by atomic mass is 32.2. The number of rotatable bonds is 5. The maximum absolute atomic E-state index is 13.2. The lowest BCUT2D eigenvalue weighted by Gasteiger charge is -2.25. The number of hydrogen-bond donors (Lipinski definition) is 1. The van der Waals surface area contributed by atoms with Crippen LogP contribution in [-0.4, -0.2) is 54.9 Å². The first-order valence-corrected chi connectivity index (χ1v) is 11.4. The highest BCUT2D eigenvalue weighted by molar-refractivity contribution is 7.89. The van der Waals surface area contributed by atoms with E-state index in [0.717, 1.165) is 25.7 Å². The largest absolute Gasteiger partial charge is 0.464 e. The number of ether oxygens (including phenoxy) is 1. The zero-order valence-electron chi connectivity index (χ0n) is 16.5. The van der Waals surface area contributed by atoms with Crippen molar-refractivity contribution in [3.8, 4) is 0 Å². The zero-order valence-corrected chi connectivity index (χ0v) is 17.3. The van der Waals surface area contributed by atoms with E-state index in [1.54, 1.807) is 7.05 Å². The molecule has 0 spiro atoms. The molecule has 2 fully saturated rings. The van der Waals surface area contributed by atoms with Crippen molar-refractivity contribution in [1.82, 2.24) is 14.2 Å². The molecule has 1 saturated heterocycles. The molecule has 1 saturated carbocycles. The first-order chi connectivity index (χ1) is 13.3. The minimum absolute atomic E-state index is 0.00423. The monoisotopic (exact) mass is 411 g/mol. The van der Waals surface area contributed by atoms with Gasteiger partial charge in [-0.15, -0.1) is 0 Å². The number of esters is 1. The fourth-order valence-electron chi connectivity index (χ4n) is 4.13. The number of carbonyl (C=O) groups is 2. The standard InChI is InChI=1S/C19H29N3O5S/c1-21-13-15(12-17(21)19(24)27-2)28(25,26)22-11-7-10-16(22)18(23)20-14-8-5-3-4-6-9-14/h12-14,16H,3-11H2,1-2H3,(H,20,23). The van der Waals surface area contributed by atoms with Crippen LogP contribution < -0.4 is 5.32 Å². The van der Waals surface area contributed by atoms with E-state index in [4.69, 9.17) is 4.74 Å². The van der Waals surface area contributed by atoms with Crippen molar-refractivity contribution in [2.75, 3.05) is 13.7 Å². The van der Waals surface area contributed by atoms with E-state index in [2.05, 4.69) is 5.32 Å². The molecule has 28 heavy (non-hydrogen) atoms. The summed E-state index contributed by atoms with van der Waals surface area (Å²) < 4.78 is 33.7.